The maximum atomic E-state index is 13.5. The number of nitrogens with zero attached hydrogens (tertiary/aromatic N) is 3. The quantitative estimate of drug-likeness (QED) is 0.369. The molecule has 1 aliphatic rings. The second kappa shape index (κ2) is 9.02. The molecular formula is C25H25N3O3S. The number of hydrogen-bond donors (Lipinski definition) is 1. The first-order valence-electron chi connectivity index (χ1n) is 10.9. The third-order valence-corrected chi connectivity index (χ3v) is 6.84. The van der Waals surface area contributed by atoms with E-state index in [1.165, 1.54) is 0 Å². The molecule has 2 atom stereocenters. The molecule has 0 saturated carbocycles. The average molecular weight is 448 g/mol. The molecule has 7 heteroatoms. The molecule has 1 aliphatic heterocycles. The maximum absolute atomic E-state index is 13.5. The van der Waals surface area contributed by atoms with Crippen LogP contribution in [0.25, 0.3) is 21.7 Å². The van der Waals surface area contributed by atoms with Crippen LogP contribution in [0.4, 0.5) is 0 Å². The molecule has 1 N–H and O–H groups in total. The molecule has 0 unspecified atom stereocenters. The van der Waals surface area contributed by atoms with Crippen LogP contribution in [0.15, 0.2) is 64.8 Å². The predicted octanol–water partition coefficient (Wildman–Crippen LogP) is 3.97. The van der Waals surface area contributed by atoms with Crippen molar-refractivity contribution < 1.29 is 9.84 Å². The molecule has 32 heavy (non-hydrogen) atoms. The summed E-state index contributed by atoms with van der Waals surface area (Å²) in [5.41, 5.74) is 2.73. The van der Waals surface area contributed by atoms with E-state index in [0.29, 0.717) is 30.4 Å². The molecule has 0 bridgehead atoms. The summed E-state index contributed by atoms with van der Waals surface area (Å²) in [5, 5.41) is 14.0. The Kier molecular flexibility index (Phi) is 5.95. The van der Waals surface area contributed by atoms with Crippen molar-refractivity contribution in [1.82, 2.24) is 14.5 Å². The third-order valence-electron chi connectivity index (χ3n) is 6.01. The van der Waals surface area contributed by atoms with Crippen molar-refractivity contribution in [2.75, 3.05) is 19.0 Å². The first kappa shape index (κ1) is 21.1. The van der Waals surface area contributed by atoms with E-state index in [1.54, 1.807) is 22.7 Å². The van der Waals surface area contributed by atoms with Gasteiger partial charge in [-0.2, -0.15) is 0 Å². The van der Waals surface area contributed by atoms with Gasteiger partial charge in [-0.25, -0.2) is 9.97 Å². The third kappa shape index (κ3) is 3.92. The van der Waals surface area contributed by atoms with E-state index >= 15 is 0 Å². The number of thioether (sulfide) groups is 1. The van der Waals surface area contributed by atoms with Crippen LogP contribution in [0, 0.1) is 0 Å². The van der Waals surface area contributed by atoms with Crippen LogP contribution < -0.4 is 5.56 Å². The van der Waals surface area contributed by atoms with Crippen molar-refractivity contribution in [3.8, 4) is 0 Å². The van der Waals surface area contributed by atoms with Crippen LogP contribution in [0.3, 0.4) is 0 Å². The van der Waals surface area contributed by atoms with Gasteiger partial charge in [-0.1, -0.05) is 37.3 Å². The predicted molar refractivity (Wildman–Crippen MR) is 127 cm³/mol. The number of pyridine rings is 1. The second-order valence-corrected chi connectivity index (χ2v) is 9.33. The van der Waals surface area contributed by atoms with Crippen LogP contribution in [0.2, 0.25) is 0 Å². The largest absolute Gasteiger partial charge is 0.389 e. The summed E-state index contributed by atoms with van der Waals surface area (Å²) >= 11 is 1.72. The van der Waals surface area contributed by atoms with E-state index in [9.17, 15) is 9.90 Å². The highest BCUT2D eigenvalue weighted by molar-refractivity contribution is 7.99. The Hall–Kier alpha value is -2.74. The number of fused-ring (bicyclic) bond motifs is 3. The summed E-state index contributed by atoms with van der Waals surface area (Å²) in [5.74, 6) is 0.989. The molecular weight excluding hydrogens is 422 g/mol. The molecule has 2 aromatic carbocycles. The van der Waals surface area contributed by atoms with Gasteiger partial charge < -0.3 is 9.84 Å². The number of rotatable bonds is 5. The molecule has 2 aromatic heterocycles. The Balaban J connectivity index is 1.63. The fraction of sp³-hybridized carbons (Fsp3) is 0.320. The summed E-state index contributed by atoms with van der Waals surface area (Å²) < 4.78 is 6.91. The minimum absolute atomic E-state index is 0.124. The fourth-order valence-corrected chi connectivity index (χ4v) is 5.02. The van der Waals surface area contributed by atoms with Gasteiger partial charge in [0.2, 0.25) is 0 Å². The molecule has 164 valence electrons. The normalized spacial score (nSPS) is 18.9. The van der Waals surface area contributed by atoms with Gasteiger partial charge in [0.05, 0.1) is 41.0 Å². The minimum atomic E-state index is -0.716. The number of aliphatic hydroxyl groups excluding tert-OH is 1. The van der Waals surface area contributed by atoms with E-state index in [0.717, 1.165) is 32.7 Å². The van der Waals surface area contributed by atoms with Crippen molar-refractivity contribution in [3.05, 3.63) is 76.5 Å². The van der Waals surface area contributed by atoms with Crippen LogP contribution >= 0.6 is 11.8 Å². The first-order valence-corrected chi connectivity index (χ1v) is 11.9. The molecule has 0 aliphatic carbocycles. The Labute approximate surface area is 190 Å². The van der Waals surface area contributed by atoms with Crippen LogP contribution in [0.1, 0.15) is 30.5 Å². The van der Waals surface area contributed by atoms with Crippen molar-refractivity contribution in [3.63, 3.8) is 0 Å². The number of aromatic nitrogens is 3. The van der Waals surface area contributed by atoms with Crippen molar-refractivity contribution in [2.24, 2.45) is 0 Å². The Morgan fingerprint density at radius 3 is 2.75 bits per heavy atom. The van der Waals surface area contributed by atoms with E-state index in [-0.39, 0.29) is 18.2 Å². The van der Waals surface area contributed by atoms with Crippen molar-refractivity contribution >= 4 is 33.4 Å². The van der Waals surface area contributed by atoms with Gasteiger partial charge in [-0.15, -0.1) is 11.8 Å². The lowest BCUT2D eigenvalue weighted by Crippen LogP contribution is -2.39. The minimum Gasteiger partial charge on any atom is -0.389 e. The van der Waals surface area contributed by atoms with E-state index in [1.807, 2.05) is 36.5 Å². The molecule has 0 radical (unpaired) electrons. The summed E-state index contributed by atoms with van der Waals surface area (Å²) in [6.45, 7) is 2.87. The Morgan fingerprint density at radius 1 is 1.16 bits per heavy atom. The SMILES string of the molecule is CCSc1ccc(Cc2cc3c(=O)n([C@H]4CCOC[C@@H]4O)cnc3c3ccccc23)cn1. The molecule has 6 nitrogen and oxygen atoms in total. The average Bonchev–Trinajstić information content (AvgIpc) is 2.82. The first-order chi connectivity index (χ1) is 15.7. The summed E-state index contributed by atoms with van der Waals surface area (Å²) in [6, 6.07) is 13.9. The number of hydrogen-bond acceptors (Lipinski definition) is 6. The summed E-state index contributed by atoms with van der Waals surface area (Å²) in [4.78, 5) is 22.7. The van der Waals surface area contributed by atoms with Gasteiger partial charge in [-0.3, -0.25) is 9.36 Å². The molecule has 3 heterocycles. The zero-order valence-corrected chi connectivity index (χ0v) is 18.7. The molecule has 0 spiro atoms. The standard InChI is InChI=1S/C25H25N3O3S/c1-2-32-23-8-7-16(13-26-23)11-17-12-20-24(19-6-4-3-5-18(17)19)27-15-28(25(20)30)21-9-10-31-14-22(21)29/h3-8,12-13,15,21-22,29H,2,9-11,14H2,1H3/t21-,22-/m0/s1. The monoisotopic (exact) mass is 447 g/mol. The molecule has 5 rings (SSSR count). The van der Waals surface area contributed by atoms with Gasteiger partial charge in [0, 0.05) is 18.2 Å². The molecule has 1 fully saturated rings. The summed E-state index contributed by atoms with van der Waals surface area (Å²) in [7, 11) is 0. The second-order valence-electron chi connectivity index (χ2n) is 8.05. The Bertz CT molecular complexity index is 1320. The smallest absolute Gasteiger partial charge is 0.261 e. The van der Waals surface area contributed by atoms with Gasteiger partial charge >= 0.3 is 0 Å². The zero-order chi connectivity index (χ0) is 22.1. The maximum Gasteiger partial charge on any atom is 0.261 e. The zero-order valence-electron chi connectivity index (χ0n) is 17.9. The van der Waals surface area contributed by atoms with Gasteiger partial charge in [0.15, 0.2) is 0 Å². The topological polar surface area (TPSA) is 77.2 Å². The highest BCUT2D eigenvalue weighted by Crippen LogP contribution is 2.29. The summed E-state index contributed by atoms with van der Waals surface area (Å²) in [6.07, 6.45) is 4.03. The van der Waals surface area contributed by atoms with Gasteiger partial charge in [0.1, 0.15) is 0 Å². The molecule has 4 aromatic rings. The van der Waals surface area contributed by atoms with Gasteiger partial charge in [-0.05, 0) is 47.2 Å². The van der Waals surface area contributed by atoms with Crippen molar-refractivity contribution in [1.29, 1.82) is 0 Å². The lowest BCUT2D eigenvalue weighted by molar-refractivity contribution is -0.0395. The van der Waals surface area contributed by atoms with Gasteiger partial charge in [0.25, 0.3) is 5.56 Å². The van der Waals surface area contributed by atoms with Crippen LogP contribution in [-0.4, -0.2) is 44.7 Å². The van der Waals surface area contributed by atoms with Crippen LogP contribution in [0.5, 0.6) is 0 Å². The van der Waals surface area contributed by atoms with E-state index < -0.39 is 6.10 Å². The molecule has 1 saturated heterocycles. The lowest BCUT2D eigenvalue weighted by Gasteiger charge is -2.29. The highest BCUT2D eigenvalue weighted by Gasteiger charge is 2.27. The van der Waals surface area contributed by atoms with Crippen LogP contribution in [-0.2, 0) is 11.2 Å². The van der Waals surface area contributed by atoms with E-state index in [4.69, 9.17) is 4.74 Å². The van der Waals surface area contributed by atoms with Crippen molar-refractivity contribution in [2.45, 2.75) is 36.9 Å². The highest BCUT2D eigenvalue weighted by atomic mass is 32.2. The fourth-order valence-electron chi connectivity index (χ4n) is 4.44. The number of benzene rings is 2. The Morgan fingerprint density at radius 2 is 2.00 bits per heavy atom. The lowest BCUT2D eigenvalue weighted by atomic mass is 9.96. The molecule has 0 amide bonds. The van der Waals surface area contributed by atoms with E-state index in [2.05, 4.69) is 29.0 Å². The number of ether oxygens (including phenoxy) is 1. The number of aliphatic hydroxyl groups is 1.